The highest BCUT2D eigenvalue weighted by atomic mass is 16.5. The number of methoxy groups -OCH3 is 1. The van der Waals surface area contributed by atoms with Crippen molar-refractivity contribution in [3.05, 3.63) is 66.3 Å². The number of nitrogens with zero attached hydrogens (tertiary/aromatic N) is 7. The second kappa shape index (κ2) is 10.8. The van der Waals surface area contributed by atoms with Gasteiger partial charge in [-0.05, 0) is 49.4 Å². The Hall–Kier alpha value is -4.80. The number of carbonyl (C=O) groups excluding carboxylic acids is 1. The molecule has 2 aliphatic rings. The molecule has 5 aromatic rings. The molecule has 11 heteroatoms. The van der Waals surface area contributed by atoms with E-state index in [0.29, 0.717) is 40.6 Å². The first kappa shape index (κ1) is 27.1. The first-order chi connectivity index (χ1) is 20.9. The lowest BCUT2D eigenvalue weighted by Crippen LogP contribution is -2.22. The van der Waals surface area contributed by atoms with Crippen molar-refractivity contribution in [3.63, 3.8) is 0 Å². The van der Waals surface area contributed by atoms with Gasteiger partial charge < -0.3 is 23.8 Å². The zero-order valence-electron chi connectivity index (χ0n) is 24.3. The molecule has 1 aromatic carbocycles. The lowest BCUT2D eigenvalue weighted by molar-refractivity contribution is -0.144. The molecule has 2 fully saturated rings. The van der Waals surface area contributed by atoms with Crippen LogP contribution in [-0.2, 0) is 9.53 Å². The van der Waals surface area contributed by atoms with Crippen molar-refractivity contribution in [3.8, 4) is 28.3 Å². The monoisotopic (exact) mass is 579 g/mol. The molecular weight excluding hydrogens is 546 g/mol. The Morgan fingerprint density at radius 2 is 1.84 bits per heavy atom. The highest BCUT2D eigenvalue weighted by Crippen LogP contribution is 2.43. The van der Waals surface area contributed by atoms with Crippen LogP contribution in [0.1, 0.15) is 62.4 Å². The molecule has 5 heterocycles. The van der Waals surface area contributed by atoms with Crippen LogP contribution in [0.4, 0.5) is 5.95 Å². The van der Waals surface area contributed by atoms with E-state index in [2.05, 4.69) is 46.9 Å². The molecule has 0 amide bonds. The number of ether oxygens (including phenoxy) is 1. The number of aromatic hydroxyl groups is 1. The van der Waals surface area contributed by atoms with Gasteiger partial charge in [0.15, 0.2) is 5.76 Å². The van der Waals surface area contributed by atoms with Crippen molar-refractivity contribution in [2.75, 3.05) is 25.1 Å². The van der Waals surface area contributed by atoms with Crippen molar-refractivity contribution in [2.24, 2.45) is 5.92 Å². The van der Waals surface area contributed by atoms with Crippen LogP contribution in [0, 0.1) is 5.92 Å². The molecule has 0 radical (unpaired) electrons. The van der Waals surface area contributed by atoms with Gasteiger partial charge in [-0.15, -0.1) is 10.2 Å². The molecule has 11 nitrogen and oxygen atoms in total. The standard InChI is InChI=1S/C32H33N7O4/c1-18(2)30(31(41)42-3)29-14-23(37-43-29)20-15-33-32(34-16-20)38-11-10-19(17-38)26-13-25-27(39(26)21-8-9-21)12-24(35-36-25)22-6-4-5-7-28(22)40/h4-7,12-16,18-19,21,30,40H,8-11,17H2,1-3H3/t19-,30?/m0/s1. The fourth-order valence-corrected chi connectivity index (χ4v) is 6.13. The summed E-state index contributed by atoms with van der Waals surface area (Å²) in [5.74, 6) is 0.755. The number of carbonyl (C=O) groups is 1. The molecule has 1 N–H and O–H groups in total. The van der Waals surface area contributed by atoms with Gasteiger partial charge in [-0.25, -0.2) is 9.97 Å². The minimum atomic E-state index is -0.526. The van der Waals surface area contributed by atoms with E-state index in [1.807, 2.05) is 26.0 Å². The molecule has 1 saturated carbocycles. The van der Waals surface area contributed by atoms with E-state index in [1.165, 1.54) is 12.8 Å². The van der Waals surface area contributed by atoms with E-state index in [1.54, 1.807) is 30.6 Å². The van der Waals surface area contributed by atoms with E-state index < -0.39 is 5.92 Å². The Labute approximate surface area is 248 Å². The maximum Gasteiger partial charge on any atom is 0.316 e. The summed E-state index contributed by atoms with van der Waals surface area (Å²) in [6.07, 6.45) is 6.76. The molecule has 2 atom stereocenters. The number of phenols is 1. The van der Waals surface area contributed by atoms with Crippen LogP contribution in [0.2, 0.25) is 0 Å². The van der Waals surface area contributed by atoms with Crippen LogP contribution < -0.4 is 4.90 Å². The van der Waals surface area contributed by atoms with E-state index in [9.17, 15) is 9.90 Å². The molecule has 220 valence electrons. The molecule has 0 bridgehead atoms. The van der Waals surface area contributed by atoms with Crippen LogP contribution in [0.15, 0.2) is 59.4 Å². The SMILES string of the molecule is COC(=O)C(c1cc(-c2cnc(N3CC[C@H](c4cc5nnc(-c6ccccc6O)cc5n4C4CC4)C3)nc2)no1)C(C)C. The first-order valence-corrected chi connectivity index (χ1v) is 14.7. The van der Waals surface area contributed by atoms with Crippen molar-refractivity contribution in [1.82, 2.24) is 29.9 Å². The van der Waals surface area contributed by atoms with Crippen LogP contribution in [0.5, 0.6) is 5.75 Å². The molecule has 7 rings (SSSR count). The smallest absolute Gasteiger partial charge is 0.316 e. The number of aromatic nitrogens is 6. The molecule has 1 unspecified atom stereocenters. The number of benzene rings is 1. The Morgan fingerprint density at radius 1 is 1.05 bits per heavy atom. The summed E-state index contributed by atoms with van der Waals surface area (Å²) in [5.41, 5.74) is 5.84. The topological polar surface area (TPSA) is 132 Å². The number of anilines is 1. The minimum absolute atomic E-state index is 0.0000408. The molecule has 1 aliphatic heterocycles. The molecule has 43 heavy (non-hydrogen) atoms. The Morgan fingerprint density at radius 3 is 2.56 bits per heavy atom. The maximum absolute atomic E-state index is 12.3. The number of hydrogen-bond donors (Lipinski definition) is 1. The zero-order chi connectivity index (χ0) is 29.7. The fraction of sp³-hybridized carbons (Fsp3) is 0.375. The average molecular weight is 580 g/mol. The van der Waals surface area contributed by atoms with Gasteiger partial charge in [-0.1, -0.05) is 31.1 Å². The van der Waals surface area contributed by atoms with Gasteiger partial charge in [0.2, 0.25) is 5.95 Å². The highest BCUT2D eigenvalue weighted by molar-refractivity contribution is 5.82. The van der Waals surface area contributed by atoms with Gasteiger partial charge in [-0.2, -0.15) is 0 Å². The third-order valence-electron chi connectivity index (χ3n) is 8.50. The summed E-state index contributed by atoms with van der Waals surface area (Å²) >= 11 is 0. The largest absolute Gasteiger partial charge is 0.507 e. The van der Waals surface area contributed by atoms with E-state index in [-0.39, 0.29) is 17.6 Å². The number of fused-ring (bicyclic) bond motifs is 1. The lowest BCUT2D eigenvalue weighted by atomic mass is 9.93. The normalized spacial score (nSPS) is 17.6. The minimum Gasteiger partial charge on any atom is -0.507 e. The number of esters is 1. The first-order valence-electron chi connectivity index (χ1n) is 14.7. The highest BCUT2D eigenvalue weighted by Gasteiger charge is 2.34. The summed E-state index contributed by atoms with van der Waals surface area (Å²) in [7, 11) is 1.37. The Bertz CT molecular complexity index is 1790. The second-order valence-electron chi connectivity index (χ2n) is 11.8. The second-order valence-corrected chi connectivity index (χ2v) is 11.8. The number of para-hydroxylation sites is 1. The maximum atomic E-state index is 12.3. The molecule has 0 spiro atoms. The summed E-state index contributed by atoms with van der Waals surface area (Å²) in [5, 5.41) is 23.5. The van der Waals surface area contributed by atoms with E-state index in [0.717, 1.165) is 48.9 Å². The van der Waals surface area contributed by atoms with E-state index in [4.69, 9.17) is 9.26 Å². The molecule has 4 aromatic heterocycles. The summed E-state index contributed by atoms with van der Waals surface area (Å²) in [6.45, 7) is 5.52. The third-order valence-corrected chi connectivity index (χ3v) is 8.50. The summed E-state index contributed by atoms with van der Waals surface area (Å²) < 4.78 is 12.9. The zero-order valence-corrected chi connectivity index (χ0v) is 24.3. The molecular formula is C32H33N7O4. The van der Waals surface area contributed by atoms with Crippen molar-refractivity contribution < 1.29 is 19.2 Å². The van der Waals surface area contributed by atoms with Crippen LogP contribution >= 0.6 is 0 Å². The Balaban J connectivity index is 1.11. The predicted molar refractivity (Wildman–Crippen MR) is 160 cm³/mol. The molecule has 1 aliphatic carbocycles. The average Bonchev–Trinajstić information content (AvgIpc) is 3.39. The van der Waals surface area contributed by atoms with Gasteiger partial charge in [-0.3, -0.25) is 4.79 Å². The van der Waals surface area contributed by atoms with Crippen molar-refractivity contribution >= 4 is 23.0 Å². The quantitative estimate of drug-likeness (QED) is 0.235. The number of hydrogen-bond acceptors (Lipinski definition) is 10. The van der Waals surface area contributed by atoms with Gasteiger partial charge in [0.05, 0.1) is 18.3 Å². The molecule has 1 saturated heterocycles. The number of rotatable bonds is 8. The van der Waals surface area contributed by atoms with Crippen LogP contribution in [-0.4, -0.2) is 61.2 Å². The lowest BCUT2D eigenvalue weighted by Gasteiger charge is -2.18. The van der Waals surface area contributed by atoms with Crippen molar-refractivity contribution in [2.45, 2.75) is 51.0 Å². The van der Waals surface area contributed by atoms with Gasteiger partial charge in [0, 0.05) is 60.3 Å². The Kier molecular flexibility index (Phi) is 6.79. The van der Waals surface area contributed by atoms with E-state index >= 15 is 0 Å². The van der Waals surface area contributed by atoms with Gasteiger partial charge in [0.1, 0.15) is 22.9 Å². The summed E-state index contributed by atoms with van der Waals surface area (Å²) in [4.78, 5) is 23.8. The van der Waals surface area contributed by atoms with Gasteiger partial charge in [0.25, 0.3) is 0 Å². The van der Waals surface area contributed by atoms with Crippen molar-refractivity contribution in [1.29, 1.82) is 0 Å². The van der Waals surface area contributed by atoms with Crippen LogP contribution in [0.3, 0.4) is 0 Å². The summed E-state index contributed by atoms with van der Waals surface area (Å²) in [6, 6.07) is 13.7. The number of phenolic OH excluding ortho intramolecular Hbond substituents is 1. The van der Waals surface area contributed by atoms with Crippen LogP contribution in [0.25, 0.3) is 33.5 Å². The predicted octanol–water partition coefficient (Wildman–Crippen LogP) is 5.49. The third kappa shape index (κ3) is 4.98. The fourth-order valence-electron chi connectivity index (χ4n) is 6.13. The van der Waals surface area contributed by atoms with Gasteiger partial charge >= 0.3 is 5.97 Å².